The van der Waals surface area contributed by atoms with Gasteiger partial charge in [-0.25, -0.2) is 9.97 Å². The van der Waals surface area contributed by atoms with Crippen LogP contribution in [0.4, 0.5) is 17.2 Å². The second-order valence-electron chi connectivity index (χ2n) is 6.40. The van der Waals surface area contributed by atoms with Crippen LogP contribution in [0.5, 0.6) is 11.5 Å². The average molecular weight is 392 g/mol. The van der Waals surface area contributed by atoms with Gasteiger partial charge in [0.15, 0.2) is 11.5 Å². The van der Waals surface area contributed by atoms with E-state index in [1.165, 1.54) is 6.33 Å². The Labute approximate surface area is 170 Å². The van der Waals surface area contributed by atoms with Gasteiger partial charge in [-0.2, -0.15) is 0 Å². The number of ether oxygens (including phenoxy) is 2. The molecule has 0 saturated heterocycles. The average Bonchev–Trinajstić information content (AvgIpc) is 2.75. The molecule has 7 nitrogen and oxygen atoms in total. The molecule has 1 heterocycles. The minimum Gasteiger partial charge on any atom is -0.493 e. The van der Waals surface area contributed by atoms with E-state index in [9.17, 15) is 4.79 Å². The largest absolute Gasteiger partial charge is 0.493 e. The van der Waals surface area contributed by atoms with Crippen molar-refractivity contribution in [3.63, 3.8) is 0 Å². The summed E-state index contributed by atoms with van der Waals surface area (Å²) in [6, 6.07) is 13.0. The third-order valence-corrected chi connectivity index (χ3v) is 4.53. The van der Waals surface area contributed by atoms with Crippen molar-refractivity contribution in [2.75, 3.05) is 24.9 Å². The second kappa shape index (κ2) is 9.05. The lowest BCUT2D eigenvalue weighted by molar-refractivity contribution is 0.102. The Kier molecular flexibility index (Phi) is 6.29. The second-order valence-corrected chi connectivity index (χ2v) is 6.40. The molecule has 0 saturated carbocycles. The first-order valence-corrected chi connectivity index (χ1v) is 9.26. The maximum atomic E-state index is 12.8. The maximum absolute atomic E-state index is 12.8. The van der Waals surface area contributed by atoms with Gasteiger partial charge < -0.3 is 20.1 Å². The molecule has 0 aliphatic heterocycles. The smallest absolute Gasteiger partial charge is 0.274 e. The van der Waals surface area contributed by atoms with E-state index in [1.807, 2.05) is 31.2 Å². The number of hydrogen-bond acceptors (Lipinski definition) is 6. The first kappa shape index (κ1) is 20.1. The molecule has 0 spiro atoms. The van der Waals surface area contributed by atoms with Gasteiger partial charge in [0.05, 0.1) is 14.2 Å². The van der Waals surface area contributed by atoms with Gasteiger partial charge in [0, 0.05) is 23.5 Å². The molecule has 0 radical (unpaired) electrons. The predicted molar refractivity (Wildman–Crippen MR) is 113 cm³/mol. The topological polar surface area (TPSA) is 85.4 Å². The Morgan fingerprint density at radius 3 is 2.55 bits per heavy atom. The lowest BCUT2D eigenvalue weighted by atomic mass is 10.1. The summed E-state index contributed by atoms with van der Waals surface area (Å²) >= 11 is 0. The van der Waals surface area contributed by atoms with E-state index in [-0.39, 0.29) is 11.6 Å². The van der Waals surface area contributed by atoms with Gasteiger partial charge >= 0.3 is 0 Å². The standard InChI is InChI=1S/C22H24N4O3/c1-5-15-8-6-7-14(2)21(15)26-22(27)17-12-20(24-13-23-17)25-16-9-10-18(28-3)19(11-16)29-4/h6-13H,5H2,1-4H3,(H,26,27)(H,23,24,25). The molecule has 0 bridgehead atoms. The minimum atomic E-state index is -0.285. The number of amides is 1. The molecular formula is C22H24N4O3. The third-order valence-electron chi connectivity index (χ3n) is 4.53. The predicted octanol–water partition coefficient (Wildman–Crippen LogP) is 4.36. The Bertz CT molecular complexity index is 1020. The van der Waals surface area contributed by atoms with Gasteiger partial charge in [-0.05, 0) is 36.6 Å². The van der Waals surface area contributed by atoms with E-state index in [0.29, 0.717) is 17.3 Å². The minimum absolute atomic E-state index is 0.272. The zero-order valence-electron chi connectivity index (χ0n) is 16.9. The van der Waals surface area contributed by atoms with Crippen LogP contribution in [0.2, 0.25) is 0 Å². The summed E-state index contributed by atoms with van der Waals surface area (Å²) in [5, 5.41) is 6.13. The van der Waals surface area contributed by atoms with Crippen molar-refractivity contribution in [3.8, 4) is 11.5 Å². The van der Waals surface area contributed by atoms with Gasteiger partial charge in [-0.1, -0.05) is 25.1 Å². The normalized spacial score (nSPS) is 10.3. The number of aryl methyl sites for hydroxylation is 2. The molecule has 0 fully saturated rings. The number of rotatable bonds is 7. The van der Waals surface area contributed by atoms with Crippen LogP contribution in [0.3, 0.4) is 0 Å². The number of benzene rings is 2. The van der Waals surface area contributed by atoms with E-state index in [1.54, 1.807) is 32.4 Å². The van der Waals surface area contributed by atoms with Gasteiger partial charge in [-0.3, -0.25) is 4.79 Å². The summed E-state index contributed by atoms with van der Waals surface area (Å²) in [5.41, 5.74) is 3.94. The number of aromatic nitrogens is 2. The van der Waals surface area contributed by atoms with Crippen molar-refractivity contribution in [2.24, 2.45) is 0 Å². The third kappa shape index (κ3) is 4.63. The number of anilines is 3. The van der Waals surface area contributed by atoms with E-state index in [0.717, 1.165) is 28.9 Å². The first-order valence-electron chi connectivity index (χ1n) is 9.26. The van der Waals surface area contributed by atoms with E-state index >= 15 is 0 Å². The molecule has 1 amide bonds. The highest BCUT2D eigenvalue weighted by Crippen LogP contribution is 2.31. The fourth-order valence-corrected chi connectivity index (χ4v) is 2.99. The summed E-state index contributed by atoms with van der Waals surface area (Å²) in [6.07, 6.45) is 2.18. The van der Waals surface area contributed by atoms with E-state index in [4.69, 9.17) is 9.47 Å². The van der Waals surface area contributed by atoms with Crippen LogP contribution in [0.1, 0.15) is 28.5 Å². The molecule has 1 aromatic heterocycles. The van der Waals surface area contributed by atoms with Crippen molar-refractivity contribution in [2.45, 2.75) is 20.3 Å². The quantitative estimate of drug-likeness (QED) is 0.621. The summed E-state index contributed by atoms with van der Waals surface area (Å²) in [6.45, 7) is 4.03. The Morgan fingerprint density at radius 2 is 1.83 bits per heavy atom. The van der Waals surface area contributed by atoms with E-state index < -0.39 is 0 Å². The molecule has 0 aliphatic rings. The number of para-hydroxylation sites is 1. The number of carbonyl (C=O) groups excluding carboxylic acids is 1. The maximum Gasteiger partial charge on any atom is 0.274 e. The first-order chi connectivity index (χ1) is 14.0. The number of nitrogens with one attached hydrogen (secondary N) is 2. The molecule has 2 aromatic carbocycles. The van der Waals surface area contributed by atoms with Crippen LogP contribution in [0.15, 0.2) is 48.8 Å². The van der Waals surface area contributed by atoms with Crippen LogP contribution >= 0.6 is 0 Å². The van der Waals surface area contributed by atoms with Crippen LogP contribution in [0.25, 0.3) is 0 Å². The van der Waals surface area contributed by atoms with Crippen molar-refractivity contribution >= 4 is 23.1 Å². The highest BCUT2D eigenvalue weighted by Gasteiger charge is 2.13. The van der Waals surface area contributed by atoms with Crippen LogP contribution < -0.4 is 20.1 Å². The zero-order chi connectivity index (χ0) is 20.8. The van der Waals surface area contributed by atoms with Gasteiger partial charge in [0.1, 0.15) is 17.8 Å². The lowest BCUT2D eigenvalue weighted by Gasteiger charge is -2.13. The molecule has 3 aromatic rings. The number of methoxy groups -OCH3 is 2. The van der Waals surface area contributed by atoms with Gasteiger partial charge in [-0.15, -0.1) is 0 Å². The van der Waals surface area contributed by atoms with Crippen molar-refractivity contribution in [3.05, 3.63) is 65.6 Å². The summed E-state index contributed by atoms with van der Waals surface area (Å²) < 4.78 is 10.6. The van der Waals surface area contributed by atoms with Crippen LogP contribution in [0, 0.1) is 6.92 Å². The zero-order valence-corrected chi connectivity index (χ0v) is 16.9. The molecule has 150 valence electrons. The summed E-state index contributed by atoms with van der Waals surface area (Å²) in [4.78, 5) is 21.1. The number of nitrogens with zero attached hydrogens (tertiary/aromatic N) is 2. The number of hydrogen-bond donors (Lipinski definition) is 2. The molecule has 0 aliphatic carbocycles. The fourth-order valence-electron chi connectivity index (χ4n) is 2.99. The fraction of sp³-hybridized carbons (Fsp3) is 0.227. The van der Waals surface area contributed by atoms with Gasteiger partial charge in [0.25, 0.3) is 5.91 Å². The molecule has 29 heavy (non-hydrogen) atoms. The molecule has 3 rings (SSSR count). The molecule has 0 unspecified atom stereocenters. The highest BCUT2D eigenvalue weighted by molar-refractivity contribution is 6.04. The van der Waals surface area contributed by atoms with Crippen LogP contribution in [-0.4, -0.2) is 30.1 Å². The van der Waals surface area contributed by atoms with Crippen molar-refractivity contribution in [1.29, 1.82) is 0 Å². The van der Waals surface area contributed by atoms with Crippen LogP contribution in [-0.2, 0) is 6.42 Å². The molecule has 0 atom stereocenters. The molecule has 2 N–H and O–H groups in total. The highest BCUT2D eigenvalue weighted by atomic mass is 16.5. The van der Waals surface area contributed by atoms with Crippen molar-refractivity contribution < 1.29 is 14.3 Å². The molecule has 7 heteroatoms. The van der Waals surface area contributed by atoms with E-state index in [2.05, 4.69) is 27.5 Å². The summed E-state index contributed by atoms with van der Waals surface area (Å²) in [5.74, 6) is 1.44. The Hall–Kier alpha value is -3.61. The van der Waals surface area contributed by atoms with Crippen molar-refractivity contribution in [1.82, 2.24) is 9.97 Å². The molecular weight excluding hydrogens is 368 g/mol. The Balaban J connectivity index is 1.80. The summed E-state index contributed by atoms with van der Waals surface area (Å²) in [7, 11) is 3.16. The monoisotopic (exact) mass is 392 g/mol. The van der Waals surface area contributed by atoms with Gasteiger partial charge in [0.2, 0.25) is 0 Å². The number of carbonyl (C=O) groups is 1. The Morgan fingerprint density at radius 1 is 1.03 bits per heavy atom. The SMILES string of the molecule is CCc1cccc(C)c1NC(=O)c1cc(Nc2ccc(OC)c(OC)c2)ncn1. The lowest BCUT2D eigenvalue weighted by Crippen LogP contribution is -2.16.